The van der Waals surface area contributed by atoms with Crippen LogP contribution in [0.1, 0.15) is 6.42 Å². The number of ether oxygens (including phenoxy) is 1. The highest BCUT2D eigenvalue weighted by molar-refractivity contribution is 7.99. The zero-order chi connectivity index (χ0) is 18.7. The molecule has 0 spiro atoms. The van der Waals surface area contributed by atoms with Crippen LogP contribution >= 0.6 is 11.8 Å². The van der Waals surface area contributed by atoms with Gasteiger partial charge >= 0.3 is 6.09 Å². The van der Waals surface area contributed by atoms with Crippen LogP contribution in [0.15, 0.2) is 52.3 Å². The average molecular weight is 371 g/mol. The zero-order valence-electron chi connectivity index (χ0n) is 15.0. The molecule has 1 aliphatic rings. The highest BCUT2D eigenvalue weighted by Crippen LogP contribution is 2.49. The topological polar surface area (TPSA) is 61.9 Å². The van der Waals surface area contributed by atoms with Crippen molar-refractivity contribution in [1.29, 1.82) is 0 Å². The summed E-state index contributed by atoms with van der Waals surface area (Å²) in [5.74, 6) is 0.0166. The molecule has 6 nitrogen and oxygen atoms in total. The first-order chi connectivity index (χ1) is 12.5. The summed E-state index contributed by atoms with van der Waals surface area (Å²) >= 11 is 1.61. The summed E-state index contributed by atoms with van der Waals surface area (Å²) in [7, 11) is 5.20. The van der Waals surface area contributed by atoms with Crippen molar-refractivity contribution in [2.45, 2.75) is 16.2 Å². The van der Waals surface area contributed by atoms with E-state index in [4.69, 9.17) is 0 Å². The molecule has 0 aliphatic carbocycles. The van der Waals surface area contributed by atoms with Gasteiger partial charge in [0.25, 0.3) is 0 Å². The second-order valence-electron chi connectivity index (χ2n) is 6.15. The van der Waals surface area contributed by atoms with Crippen molar-refractivity contribution in [2.75, 3.05) is 38.0 Å². The van der Waals surface area contributed by atoms with E-state index in [1.54, 1.807) is 22.7 Å². The molecular weight excluding hydrogens is 350 g/mol. The van der Waals surface area contributed by atoms with E-state index >= 15 is 0 Å². The molecule has 1 N–H and O–H groups in total. The quantitative estimate of drug-likeness (QED) is 0.882. The number of fused-ring (bicyclic) bond motifs is 2. The molecule has 0 atom stereocenters. The first kappa shape index (κ1) is 18.3. The van der Waals surface area contributed by atoms with E-state index in [2.05, 4.69) is 10.1 Å². The van der Waals surface area contributed by atoms with Crippen LogP contribution in [-0.4, -0.2) is 44.7 Å². The maximum Gasteiger partial charge on any atom is 0.411 e. The van der Waals surface area contributed by atoms with E-state index < -0.39 is 6.09 Å². The van der Waals surface area contributed by atoms with Crippen molar-refractivity contribution in [3.8, 4) is 0 Å². The van der Waals surface area contributed by atoms with Crippen molar-refractivity contribution in [1.82, 2.24) is 4.90 Å². The van der Waals surface area contributed by atoms with Crippen molar-refractivity contribution >= 4 is 40.8 Å². The lowest BCUT2D eigenvalue weighted by molar-refractivity contribution is -0.118. The van der Waals surface area contributed by atoms with E-state index in [0.29, 0.717) is 18.7 Å². The fourth-order valence-corrected chi connectivity index (χ4v) is 3.74. The molecule has 2 aromatic rings. The Morgan fingerprint density at radius 2 is 1.85 bits per heavy atom. The van der Waals surface area contributed by atoms with Crippen LogP contribution in [0.3, 0.4) is 0 Å². The normalized spacial score (nSPS) is 12.4. The van der Waals surface area contributed by atoms with Crippen LogP contribution in [0.4, 0.5) is 21.9 Å². The summed E-state index contributed by atoms with van der Waals surface area (Å²) in [6.07, 6.45) is -0.139. The Balaban J connectivity index is 2.00. The summed E-state index contributed by atoms with van der Waals surface area (Å²) in [5, 5.41) is 2.66. The van der Waals surface area contributed by atoms with Crippen LogP contribution in [0, 0.1) is 0 Å². The van der Waals surface area contributed by atoms with Gasteiger partial charge in [0, 0.05) is 28.4 Å². The maximum absolute atomic E-state index is 13.0. The molecule has 26 heavy (non-hydrogen) atoms. The van der Waals surface area contributed by atoms with Gasteiger partial charge in [-0.3, -0.25) is 15.0 Å². The second kappa shape index (κ2) is 7.80. The smallest absolute Gasteiger partial charge is 0.411 e. The molecule has 0 bridgehead atoms. The molecule has 2 amide bonds. The Kier molecular flexibility index (Phi) is 5.49. The number of nitrogens with one attached hydrogen (secondary N) is 1. The number of hydrogen-bond acceptors (Lipinski definition) is 5. The lowest BCUT2D eigenvalue weighted by atomic mass is 10.2. The van der Waals surface area contributed by atoms with Gasteiger partial charge in [-0.25, -0.2) is 4.79 Å². The van der Waals surface area contributed by atoms with Gasteiger partial charge in [0.15, 0.2) is 0 Å². The van der Waals surface area contributed by atoms with Gasteiger partial charge in [0.1, 0.15) is 0 Å². The molecule has 0 saturated carbocycles. The third-order valence-electron chi connectivity index (χ3n) is 3.98. The SMILES string of the molecule is COC(=O)Nc1ccc2c(c1)N(C(=O)CCN(C)C)c1ccccc1S2. The zero-order valence-corrected chi connectivity index (χ0v) is 15.8. The molecule has 0 aromatic heterocycles. The number of carbonyl (C=O) groups is 2. The molecule has 0 radical (unpaired) electrons. The monoisotopic (exact) mass is 371 g/mol. The Labute approximate surface area is 157 Å². The first-order valence-corrected chi connectivity index (χ1v) is 9.05. The van der Waals surface area contributed by atoms with Gasteiger partial charge in [-0.2, -0.15) is 0 Å². The Hall–Kier alpha value is -2.51. The van der Waals surface area contributed by atoms with Crippen molar-refractivity contribution in [3.63, 3.8) is 0 Å². The second-order valence-corrected chi connectivity index (χ2v) is 7.24. The highest BCUT2D eigenvalue weighted by atomic mass is 32.2. The van der Waals surface area contributed by atoms with Crippen LogP contribution in [0.5, 0.6) is 0 Å². The number of rotatable bonds is 4. The molecule has 2 aromatic carbocycles. The molecule has 0 saturated heterocycles. The fraction of sp³-hybridized carbons (Fsp3) is 0.263. The van der Waals surface area contributed by atoms with Gasteiger partial charge in [0.2, 0.25) is 5.91 Å². The number of amides is 2. The van der Waals surface area contributed by atoms with Gasteiger partial charge in [-0.1, -0.05) is 23.9 Å². The molecule has 1 heterocycles. The van der Waals surface area contributed by atoms with Gasteiger partial charge < -0.3 is 9.64 Å². The maximum atomic E-state index is 13.0. The largest absolute Gasteiger partial charge is 0.453 e. The van der Waals surface area contributed by atoms with E-state index in [1.807, 2.05) is 55.4 Å². The summed E-state index contributed by atoms with van der Waals surface area (Å²) in [4.78, 5) is 30.2. The van der Waals surface area contributed by atoms with Crippen LogP contribution in [-0.2, 0) is 9.53 Å². The third-order valence-corrected chi connectivity index (χ3v) is 5.11. The molecule has 1 aliphatic heterocycles. The standard InChI is InChI=1S/C19H21N3O3S/c1-21(2)11-10-18(23)22-14-6-4-5-7-16(14)26-17-9-8-13(12-15(17)22)20-19(24)25-3/h4-9,12H,10-11H2,1-3H3,(H,20,24). The number of nitrogens with zero attached hydrogens (tertiary/aromatic N) is 2. The van der Waals surface area contributed by atoms with E-state index in [0.717, 1.165) is 21.2 Å². The van der Waals surface area contributed by atoms with Crippen LogP contribution < -0.4 is 10.2 Å². The number of carbonyl (C=O) groups excluding carboxylic acids is 2. The summed E-state index contributed by atoms with van der Waals surface area (Å²) in [6, 6.07) is 13.4. The molecule has 136 valence electrons. The number of anilines is 3. The summed E-state index contributed by atoms with van der Waals surface area (Å²) in [5.41, 5.74) is 2.22. The first-order valence-electron chi connectivity index (χ1n) is 8.23. The van der Waals surface area contributed by atoms with E-state index in [1.165, 1.54) is 7.11 Å². The number of benzene rings is 2. The Morgan fingerprint density at radius 1 is 1.12 bits per heavy atom. The van der Waals surface area contributed by atoms with Crippen LogP contribution in [0.2, 0.25) is 0 Å². The van der Waals surface area contributed by atoms with Crippen molar-refractivity contribution < 1.29 is 14.3 Å². The van der Waals surface area contributed by atoms with Crippen molar-refractivity contribution in [2.24, 2.45) is 0 Å². The highest BCUT2D eigenvalue weighted by Gasteiger charge is 2.28. The molecule has 0 unspecified atom stereocenters. The summed E-state index contributed by atoms with van der Waals surface area (Å²) in [6.45, 7) is 0.667. The van der Waals surface area contributed by atoms with Crippen LogP contribution in [0.25, 0.3) is 0 Å². The minimum atomic E-state index is -0.542. The minimum absolute atomic E-state index is 0.0166. The number of methoxy groups -OCH3 is 1. The summed E-state index contributed by atoms with van der Waals surface area (Å²) < 4.78 is 4.65. The van der Waals surface area contributed by atoms with Gasteiger partial charge in [-0.05, 0) is 44.4 Å². The van der Waals surface area contributed by atoms with Gasteiger partial charge in [-0.15, -0.1) is 0 Å². The van der Waals surface area contributed by atoms with E-state index in [-0.39, 0.29) is 5.91 Å². The molecule has 0 fully saturated rings. The Bertz CT molecular complexity index is 839. The molecule has 3 rings (SSSR count). The fourth-order valence-electron chi connectivity index (χ4n) is 2.70. The predicted octanol–water partition coefficient (Wildman–Crippen LogP) is 3.95. The molecular formula is C19H21N3O3S. The predicted molar refractivity (Wildman–Crippen MR) is 103 cm³/mol. The Morgan fingerprint density at radius 3 is 2.58 bits per heavy atom. The number of para-hydroxylation sites is 1. The minimum Gasteiger partial charge on any atom is -0.453 e. The lowest BCUT2D eigenvalue weighted by Crippen LogP contribution is -2.31. The lowest BCUT2D eigenvalue weighted by Gasteiger charge is -2.31. The molecule has 7 heteroatoms. The van der Waals surface area contributed by atoms with Crippen molar-refractivity contribution in [3.05, 3.63) is 42.5 Å². The third kappa shape index (κ3) is 3.84. The van der Waals surface area contributed by atoms with E-state index in [9.17, 15) is 9.59 Å². The number of hydrogen-bond donors (Lipinski definition) is 1. The van der Waals surface area contributed by atoms with Gasteiger partial charge in [0.05, 0.1) is 18.5 Å². The average Bonchev–Trinajstić information content (AvgIpc) is 2.64.